The molecule has 3 N–H and O–H groups in total. The van der Waals surface area contributed by atoms with Gasteiger partial charge in [0, 0.05) is 16.6 Å². The van der Waals surface area contributed by atoms with Crippen molar-refractivity contribution < 1.29 is 13.6 Å². The van der Waals surface area contributed by atoms with Crippen LogP contribution in [0.3, 0.4) is 0 Å². The first-order valence-corrected chi connectivity index (χ1v) is 7.92. The van der Waals surface area contributed by atoms with Crippen LogP contribution in [0.15, 0.2) is 16.6 Å². The topological polar surface area (TPSA) is 55.1 Å². The molecule has 0 spiro atoms. The number of amides is 1. The molecule has 1 fully saturated rings. The third-order valence-corrected chi connectivity index (χ3v) is 4.61. The second kappa shape index (κ2) is 8.22. The smallest absolute Gasteiger partial charge is 0.252 e. The molecule has 0 heterocycles. The molecule has 0 atom stereocenters. The van der Waals surface area contributed by atoms with E-state index in [4.69, 9.17) is 5.73 Å². The van der Waals surface area contributed by atoms with Crippen LogP contribution in [0.4, 0.5) is 8.78 Å². The van der Waals surface area contributed by atoms with Gasteiger partial charge in [-0.25, -0.2) is 8.78 Å². The molecule has 1 aliphatic rings. The Balaban J connectivity index is 0.00000242. The summed E-state index contributed by atoms with van der Waals surface area (Å²) in [6.07, 6.45) is 6.18. The Morgan fingerprint density at radius 1 is 1.18 bits per heavy atom. The minimum atomic E-state index is -1.04. The van der Waals surface area contributed by atoms with E-state index in [1.54, 1.807) is 0 Å². The van der Waals surface area contributed by atoms with Gasteiger partial charge in [-0.1, -0.05) is 25.7 Å². The van der Waals surface area contributed by atoms with Gasteiger partial charge in [-0.3, -0.25) is 4.79 Å². The van der Waals surface area contributed by atoms with Crippen molar-refractivity contribution in [3.05, 3.63) is 33.8 Å². The van der Waals surface area contributed by atoms with Crippen molar-refractivity contribution in [1.29, 1.82) is 0 Å². The lowest BCUT2D eigenvalue weighted by molar-refractivity contribution is 0.0940. The predicted molar refractivity (Wildman–Crippen MR) is 88.3 cm³/mol. The van der Waals surface area contributed by atoms with Gasteiger partial charge in [0.25, 0.3) is 5.91 Å². The van der Waals surface area contributed by atoms with Crippen molar-refractivity contribution >= 4 is 34.2 Å². The molecule has 0 unspecified atom stereocenters. The van der Waals surface area contributed by atoms with Gasteiger partial charge in [0.1, 0.15) is 0 Å². The Kier molecular flexibility index (Phi) is 7.22. The average Bonchev–Trinajstić information content (AvgIpc) is 2.66. The molecule has 0 aliphatic heterocycles. The summed E-state index contributed by atoms with van der Waals surface area (Å²) in [7, 11) is 0. The molecule has 1 saturated carbocycles. The second-order valence-electron chi connectivity index (χ2n) is 5.71. The lowest BCUT2D eigenvalue weighted by atomic mass is 9.91. The lowest BCUT2D eigenvalue weighted by Crippen LogP contribution is -2.49. The summed E-state index contributed by atoms with van der Waals surface area (Å²) < 4.78 is 26.5. The van der Waals surface area contributed by atoms with Gasteiger partial charge in [-0.2, -0.15) is 0 Å². The molecule has 3 nitrogen and oxygen atoms in total. The van der Waals surface area contributed by atoms with E-state index in [2.05, 4.69) is 21.2 Å². The third kappa shape index (κ3) is 4.89. The van der Waals surface area contributed by atoms with E-state index in [0.717, 1.165) is 37.8 Å². The molecular formula is C15H20BrClF2N2O. The van der Waals surface area contributed by atoms with E-state index in [1.165, 1.54) is 12.8 Å². The van der Waals surface area contributed by atoms with E-state index >= 15 is 0 Å². The number of hydrogen-bond donors (Lipinski definition) is 2. The largest absolute Gasteiger partial charge is 0.350 e. The zero-order valence-corrected chi connectivity index (χ0v) is 14.5. The Morgan fingerprint density at radius 2 is 1.73 bits per heavy atom. The van der Waals surface area contributed by atoms with Crippen LogP contribution in [0.25, 0.3) is 0 Å². The molecule has 1 aliphatic carbocycles. The first-order chi connectivity index (χ1) is 9.91. The fourth-order valence-electron chi connectivity index (χ4n) is 2.66. The highest BCUT2D eigenvalue weighted by Crippen LogP contribution is 2.25. The molecule has 0 bridgehead atoms. The number of carbonyl (C=O) groups excluding carboxylic acids is 1. The zero-order chi connectivity index (χ0) is 15.5. The summed E-state index contributed by atoms with van der Waals surface area (Å²) in [5, 5.41) is 2.74. The lowest BCUT2D eigenvalue weighted by Gasteiger charge is -2.28. The number of nitrogens with two attached hydrogens (primary N) is 1. The quantitative estimate of drug-likeness (QED) is 0.600. The zero-order valence-electron chi connectivity index (χ0n) is 12.1. The minimum absolute atomic E-state index is 0. The summed E-state index contributed by atoms with van der Waals surface area (Å²) in [5.41, 5.74) is 5.99. The molecule has 0 saturated heterocycles. The molecule has 1 aromatic carbocycles. The average molecular weight is 398 g/mol. The van der Waals surface area contributed by atoms with Crippen LogP contribution in [-0.4, -0.2) is 18.0 Å². The molecule has 22 heavy (non-hydrogen) atoms. The molecule has 2 rings (SSSR count). The maximum absolute atomic E-state index is 13.2. The Bertz CT molecular complexity index is 535. The Hall–Kier alpha value is -0.720. The predicted octanol–water partition coefficient (Wildman–Crippen LogP) is 3.93. The maximum Gasteiger partial charge on any atom is 0.252 e. The summed E-state index contributed by atoms with van der Waals surface area (Å²) in [6, 6.07) is 1.85. The van der Waals surface area contributed by atoms with Gasteiger partial charge in [-0.05, 0) is 40.9 Å². The number of benzene rings is 1. The van der Waals surface area contributed by atoms with Crippen molar-refractivity contribution in [3.63, 3.8) is 0 Å². The molecule has 0 aromatic heterocycles. The van der Waals surface area contributed by atoms with Crippen LogP contribution < -0.4 is 11.1 Å². The highest BCUT2D eigenvalue weighted by atomic mass is 79.9. The maximum atomic E-state index is 13.2. The van der Waals surface area contributed by atoms with E-state index in [1.807, 2.05) is 0 Å². The third-order valence-electron chi connectivity index (χ3n) is 3.95. The second-order valence-corrected chi connectivity index (χ2v) is 6.56. The van der Waals surface area contributed by atoms with Gasteiger partial charge in [0.05, 0.1) is 5.56 Å². The monoisotopic (exact) mass is 396 g/mol. The molecule has 1 amide bonds. The van der Waals surface area contributed by atoms with Gasteiger partial charge >= 0.3 is 0 Å². The van der Waals surface area contributed by atoms with Crippen LogP contribution in [0.2, 0.25) is 0 Å². The van der Waals surface area contributed by atoms with E-state index in [-0.39, 0.29) is 22.4 Å². The molecular weight excluding hydrogens is 378 g/mol. The number of hydrogen-bond acceptors (Lipinski definition) is 2. The highest BCUT2D eigenvalue weighted by molar-refractivity contribution is 9.10. The van der Waals surface area contributed by atoms with Crippen molar-refractivity contribution in [2.24, 2.45) is 5.73 Å². The van der Waals surface area contributed by atoms with E-state index in [9.17, 15) is 13.6 Å². The molecule has 124 valence electrons. The summed E-state index contributed by atoms with van der Waals surface area (Å²) in [4.78, 5) is 12.1. The molecule has 0 radical (unpaired) electrons. The number of nitrogens with one attached hydrogen (secondary N) is 1. The van der Waals surface area contributed by atoms with Crippen molar-refractivity contribution in [2.45, 2.75) is 44.1 Å². The number of carbonyl (C=O) groups is 1. The summed E-state index contributed by atoms with van der Waals surface area (Å²) in [5.74, 6) is -2.48. The SMILES string of the molecule is Cl.NC1(CNC(=O)c2cc(F)c(F)cc2Br)CCCCCC1. The van der Waals surface area contributed by atoms with E-state index < -0.39 is 23.1 Å². The van der Waals surface area contributed by atoms with Gasteiger partial charge in [-0.15, -0.1) is 12.4 Å². The Labute approximate surface area is 143 Å². The molecule has 7 heteroatoms. The Morgan fingerprint density at radius 3 is 2.32 bits per heavy atom. The van der Waals surface area contributed by atoms with Crippen molar-refractivity contribution in [3.8, 4) is 0 Å². The van der Waals surface area contributed by atoms with Crippen LogP contribution in [-0.2, 0) is 0 Å². The van der Waals surface area contributed by atoms with Gasteiger partial charge < -0.3 is 11.1 Å². The fourth-order valence-corrected chi connectivity index (χ4v) is 3.15. The molecule has 1 aromatic rings. The van der Waals surface area contributed by atoms with Crippen molar-refractivity contribution in [2.75, 3.05) is 6.54 Å². The number of rotatable bonds is 3. The summed E-state index contributed by atoms with van der Waals surface area (Å²) >= 11 is 3.08. The van der Waals surface area contributed by atoms with Crippen LogP contribution in [0.1, 0.15) is 48.9 Å². The minimum Gasteiger partial charge on any atom is -0.350 e. The van der Waals surface area contributed by atoms with Crippen LogP contribution >= 0.6 is 28.3 Å². The summed E-state index contributed by atoms with van der Waals surface area (Å²) in [6.45, 7) is 0.345. The standard InChI is InChI=1S/C15H19BrF2N2O.ClH/c16-11-8-13(18)12(17)7-10(11)14(21)20-9-15(19)5-3-1-2-4-6-15;/h7-8H,1-6,9,19H2,(H,20,21);1H. The first kappa shape index (κ1) is 19.3. The van der Waals surface area contributed by atoms with Crippen LogP contribution in [0, 0.1) is 11.6 Å². The first-order valence-electron chi connectivity index (χ1n) is 7.13. The normalized spacial score (nSPS) is 17.3. The highest BCUT2D eigenvalue weighted by Gasteiger charge is 2.27. The van der Waals surface area contributed by atoms with Gasteiger partial charge in [0.2, 0.25) is 0 Å². The van der Waals surface area contributed by atoms with E-state index in [0.29, 0.717) is 6.54 Å². The number of halogens is 4. The fraction of sp³-hybridized carbons (Fsp3) is 0.533. The van der Waals surface area contributed by atoms with Crippen molar-refractivity contribution in [1.82, 2.24) is 5.32 Å². The van der Waals surface area contributed by atoms with Crippen LogP contribution in [0.5, 0.6) is 0 Å². The van der Waals surface area contributed by atoms with Gasteiger partial charge in [0.15, 0.2) is 11.6 Å².